The Morgan fingerprint density at radius 1 is 1.16 bits per heavy atom. The van der Waals surface area contributed by atoms with Crippen molar-refractivity contribution in [2.45, 2.75) is 39.1 Å². The number of hydrogen-bond acceptors (Lipinski definition) is 6. The Hall–Kier alpha value is -2.42. The molecule has 0 fully saturated rings. The highest BCUT2D eigenvalue weighted by molar-refractivity contribution is 7.99. The van der Waals surface area contributed by atoms with Gasteiger partial charge in [-0.15, -0.1) is 10.2 Å². The van der Waals surface area contributed by atoms with Gasteiger partial charge in [0.05, 0.1) is 18.6 Å². The fourth-order valence-electron chi connectivity index (χ4n) is 3.08. The summed E-state index contributed by atoms with van der Waals surface area (Å²) in [6.07, 6.45) is 0. The second-order valence-electron chi connectivity index (χ2n) is 6.98. The molecule has 3 rings (SSSR count). The predicted molar refractivity (Wildman–Crippen MR) is 128 cm³/mol. The van der Waals surface area contributed by atoms with Gasteiger partial charge in [-0.2, -0.15) is 0 Å². The molecule has 0 aliphatic heterocycles. The number of thioether (sulfide) groups is 1. The van der Waals surface area contributed by atoms with Crippen molar-refractivity contribution in [1.29, 1.82) is 0 Å². The molecule has 0 bridgehead atoms. The van der Waals surface area contributed by atoms with Crippen LogP contribution in [0, 0.1) is 13.8 Å². The molecule has 0 aliphatic carbocycles. The molecule has 2 aromatic carbocycles. The number of methoxy groups -OCH3 is 1. The molecule has 10 heteroatoms. The minimum atomic E-state index is -0.203. The van der Waals surface area contributed by atoms with Gasteiger partial charge in [0, 0.05) is 16.6 Å². The highest BCUT2D eigenvalue weighted by Crippen LogP contribution is 2.29. The lowest BCUT2D eigenvalue weighted by Gasteiger charge is -2.12. The van der Waals surface area contributed by atoms with E-state index in [0.717, 1.165) is 21.9 Å². The first-order chi connectivity index (χ1) is 15.3. The van der Waals surface area contributed by atoms with Crippen molar-refractivity contribution in [3.05, 3.63) is 57.3 Å². The normalized spacial score (nSPS) is 10.8. The highest BCUT2D eigenvalue weighted by atomic mass is 35.5. The third-order valence-corrected chi connectivity index (χ3v) is 6.45. The zero-order chi connectivity index (χ0) is 23.3. The molecule has 0 spiro atoms. The Labute approximate surface area is 201 Å². The van der Waals surface area contributed by atoms with Crippen molar-refractivity contribution in [1.82, 2.24) is 14.8 Å². The van der Waals surface area contributed by atoms with Crippen LogP contribution in [0.25, 0.3) is 0 Å². The molecule has 32 heavy (non-hydrogen) atoms. The number of anilines is 1. The highest BCUT2D eigenvalue weighted by Gasteiger charge is 2.15. The van der Waals surface area contributed by atoms with Crippen LogP contribution in [0.1, 0.15) is 23.9 Å². The van der Waals surface area contributed by atoms with E-state index in [2.05, 4.69) is 15.5 Å². The number of hydrogen-bond donors (Lipinski definition) is 1. The minimum Gasteiger partial charge on any atom is -0.495 e. The summed E-state index contributed by atoms with van der Waals surface area (Å²) in [6, 6.07) is 8.84. The van der Waals surface area contributed by atoms with E-state index in [1.807, 2.05) is 37.5 Å². The van der Waals surface area contributed by atoms with Gasteiger partial charge in [-0.3, -0.25) is 4.79 Å². The first-order valence-electron chi connectivity index (χ1n) is 9.90. The summed E-state index contributed by atoms with van der Waals surface area (Å²) in [5.41, 5.74) is 2.43. The lowest BCUT2D eigenvalue weighted by atomic mass is 10.1. The van der Waals surface area contributed by atoms with Crippen LogP contribution in [0.15, 0.2) is 35.5 Å². The Kier molecular flexibility index (Phi) is 8.28. The minimum absolute atomic E-state index is 0.157. The number of rotatable bonds is 9. The molecule has 0 saturated heterocycles. The first kappa shape index (κ1) is 24.2. The zero-order valence-electron chi connectivity index (χ0n) is 18.2. The second-order valence-corrected chi connectivity index (χ2v) is 8.74. The van der Waals surface area contributed by atoms with Crippen LogP contribution in [-0.2, 0) is 17.9 Å². The number of amides is 1. The van der Waals surface area contributed by atoms with Gasteiger partial charge in [0.15, 0.2) is 11.0 Å². The van der Waals surface area contributed by atoms with Crippen LogP contribution in [0.3, 0.4) is 0 Å². The van der Waals surface area contributed by atoms with Gasteiger partial charge in [-0.25, -0.2) is 0 Å². The van der Waals surface area contributed by atoms with Crippen LogP contribution < -0.4 is 14.8 Å². The molecule has 1 aromatic heterocycles. The van der Waals surface area contributed by atoms with E-state index in [1.54, 1.807) is 18.2 Å². The molecule has 1 N–H and O–H groups in total. The number of nitrogens with zero attached hydrogens (tertiary/aromatic N) is 3. The van der Waals surface area contributed by atoms with Crippen LogP contribution in [0.5, 0.6) is 11.5 Å². The van der Waals surface area contributed by atoms with E-state index >= 15 is 0 Å². The van der Waals surface area contributed by atoms with Crippen LogP contribution >= 0.6 is 35.0 Å². The molecule has 0 aliphatic rings. The fraction of sp³-hybridized carbons (Fsp3) is 0.318. The summed E-state index contributed by atoms with van der Waals surface area (Å²) < 4.78 is 13.1. The van der Waals surface area contributed by atoms with E-state index < -0.39 is 0 Å². The average molecular weight is 495 g/mol. The number of aryl methyl sites for hydroxylation is 2. The number of nitrogens with one attached hydrogen (secondary N) is 1. The van der Waals surface area contributed by atoms with Crippen molar-refractivity contribution in [2.24, 2.45) is 0 Å². The molecule has 7 nitrogen and oxygen atoms in total. The van der Waals surface area contributed by atoms with Gasteiger partial charge in [-0.05, 0) is 62.2 Å². The first-order valence-corrected chi connectivity index (χ1v) is 11.6. The number of carbonyl (C=O) groups excluding carboxylic acids is 1. The largest absolute Gasteiger partial charge is 0.495 e. The summed E-state index contributed by atoms with van der Waals surface area (Å²) in [4.78, 5) is 12.5. The number of ether oxygens (including phenoxy) is 2. The topological polar surface area (TPSA) is 78.3 Å². The van der Waals surface area contributed by atoms with E-state index in [-0.39, 0.29) is 18.3 Å². The van der Waals surface area contributed by atoms with Gasteiger partial charge in [0.25, 0.3) is 0 Å². The Morgan fingerprint density at radius 2 is 1.88 bits per heavy atom. The van der Waals surface area contributed by atoms with Crippen molar-refractivity contribution >= 4 is 46.6 Å². The van der Waals surface area contributed by atoms with Crippen LogP contribution in [0.2, 0.25) is 10.0 Å². The monoisotopic (exact) mass is 494 g/mol. The number of halogens is 2. The Bertz CT molecular complexity index is 1100. The average Bonchev–Trinajstić information content (AvgIpc) is 3.16. The van der Waals surface area contributed by atoms with E-state index in [1.165, 1.54) is 18.9 Å². The van der Waals surface area contributed by atoms with Gasteiger partial charge >= 0.3 is 0 Å². The smallest absolute Gasteiger partial charge is 0.234 e. The van der Waals surface area contributed by atoms with Crippen molar-refractivity contribution in [2.75, 3.05) is 18.2 Å². The summed E-state index contributed by atoms with van der Waals surface area (Å²) in [6.45, 7) is 6.78. The molecule has 170 valence electrons. The van der Waals surface area contributed by atoms with Crippen molar-refractivity contribution in [3.63, 3.8) is 0 Å². The molecule has 3 aromatic rings. The summed E-state index contributed by atoms with van der Waals surface area (Å²) >= 11 is 13.5. The van der Waals surface area contributed by atoms with Crippen LogP contribution in [-0.4, -0.2) is 33.5 Å². The van der Waals surface area contributed by atoms with Gasteiger partial charge < -0.3 is 19.4 Å². The maximum absolute atomic E-state index is 12.5. The molecule has 0 atom stereocenters. The van der Waals surface area contributed by atoms with E-state index in [9.17, 15) is 4.79 Å². The van der Waals surface area contributed by atoms with Crippen LogP contribution in [0.4, 0.5) is 5.69 Å². The molecule has 0 unspecified atom stereocenters. The van der Waals surface area contributed by atoms with Gasteiger partial charge in [0.1, 0.15) is 18.1 Å². The summed E-state index contributed by atoms with van der Waals surface area (Å²) in [5, 5.41) is 13.2. The Balaban J connectivity index is 1.62. The SMILES string of the molecule is CCn1c(COc2cc(C)c(Cl)c(C)c2)nnc1SCC(=O)Nc1cc(Cl)ccc1OC. The number of aromatic nitrogens is 3. The molecule has 0 saturated carbocycles. The molecule has 0 radical (unpaired) electrons. The third-order valence-electron chi connectivity index (χ3n) is 4.66. The molecular formula is C22H24Cl2N4O3S. The third kappa shape index (κ3) is 5.88. The summed E-state index contributed by atoms with van der Waals surface area (Å²) in [7, 11) is 1.54. The predicted octanol–water partition coefficient (Wildman–Crippen LogP) is 5.54. The summed E-state index contributed by atoms with van der Waals surface area (Å²) in [5.74, 6) is 1.89. The van der Waals surface area contributed by atoms with Crippen molar-refractivity contribution < 1.29 is 14.3 Å². The maximum atomic E-state index is 12.5. The maximum Gasteiger partial charge on any atom is 0.234 e. The van der Waals surface area contributed by atoms with Gasteiger partial charge in [0.2, 0.25) is 5.91 Å². The Morgan fingerprint density at radius 3 is 2.53 bits per heavy atom. The lowest BCUT2D eigenvalue weighted by molar-refractivity contribution is -0.113. The fourth-order valence-corrected chi connectivity index (χ4v) is 4.18. The van der Waals surface area contributed by atoms with E-state index in [0.29, 0.717) is 34.0 Å². The van der Waals surface area contributed by atoms with Gasteiger partial charge in [-0.1, -0.05) is 35.0 Å². The van der Waals surface area contributed by atoms with E-state index in [4.69, 9.17) is 32.7 Å². The number of benzene rings is 2. The second kappa shape index (κ2) is 10.9. The zero-order valence-corrected chi connectivity index (χ0v) is 20.6. The lowest BCUT2D eigenvalue weighted by Crippen LogP contribution is -2.15. The molecular weight excluding hydrogens is 471 g/mol. The quantitative estimate of drug-likeness (QED) is 0.393. The van der Waals surface area contributed by atoms with Crippen molar-refractivity contribution in [3.8, 4) is 11.5 Å². The molecule has 1 heterocycles. The standard InChI is InChI=1S/C22H24Cl2N4O3S/c1-5-28-19(11-31-16-8-13(2)21(24)14(3)9-16)26-27-22(28)32-12-20(29)25-17-10-15(23)6-7-18(17)30-4/h6-10H,5,11-12H2,1-4H3,(H,25,29). The molecule has 1 amide bonds. The number of carbonyl (C=O) groups is 1.